The molecule has 1 aliphatic rings. The van der Waals surface area contributed by atoms with Crippen molar-refractivity contribution in [2.75, 3.05) is 4.90 Å². The Labute approximate surface area is 298 Å². The van der Waals surface area contributed by atoms with E-state index in [1.807, 2.05) is 0 Å². The molecule has 0 spiro atoms. The van der Waals surface area contributed by atoms with E-state index < -0.39 is 0 Å². The molecule has 1 unspecified atom stereocenters. The molecule has 0 saturated heterocycles. The second kappa shape index (κ2) is 11.6. The topological polar surface area (TPSA) is 3.24 Å². The first-order chi connectivity index (χ1) is 25.2. The van der Waals surface area contributed by atoms with Gasteiger partial charge in [0.05, 0.1) is 5.69 Å². The summed E-state index contributed by atoms with van der Waals surface area (Å²) >= 11 is 0. The zero-order chi connectivity index (χ0) is 33.9. The smallest absolute Gasteiger partial charge is 0.0540 e. The van der Waals surface area contributed by atoms with Crippen LogP contribution >= 0.6 is 0 Å². The van der Waals surface area contributed by atoms with Crippen LogP contribution in [0.25, 0.3) is 54.6 Å². The number of anilines is 3. The summed E-state index contributed by atoms with van der Waals surface area (Å²) in [6.45, 7) is 2.38. The molecule has 0 bridgehead atoms. The largest absolute Gasteiger partial charge is 0.310 e. The van der Waals surface area contributed by atoms with Gasteiger partial charge in [-0.3, -0.25) is 0 Å². The van der Waals surface area contributed by atoms with Gasteiger partial charge in [0.15, 0.2) is 0 Å². The zero-order valence-electron chi connectivity index (χ0n) is 28.4. The van der Waals surface area contributed by atoms with Crippen molar-refractivity contribution in [1.82, 2.24) is 0 Å². The van der Waals surface area contributed by atoms with Crippen molar-refractivity contribution in [3.63, 3.8) is 0 Å². The Balaban J connectivity index is 1.25. The number of rotatable bonds is 5. The van der Waals surface area contributed by atoms with E-state index in [-0.39, 0.29) is 5.41 Å². The first-order valence-electron chi connectivity index (χ1n) is 17.8. The summed E-state index contributed by atoms with van der Waals surface area (Å²) in [6.07, 6.45) is 0. The maximum atomic E-state index is 2.47. The van der Waals surface area contributed by atoms with Gasteiger partial charge in [0.2, 0.25) is 0 Å². The fourth-order valence-electron chi connectivity index (χ4n) is 8.70. The first-order valence-corrected chi connectivity index (χ1v) is 17.8. The van der Waals surface area contributed by atoms with E-state index >= 15 is 0 Å². The summed E-state index contributed by atoms with van der Waals surface area (Å²) in [7, 11) is 0. The molecule has 0 radical (unpaired) electrons. The number of para-hydroxylation sites is 1. The van der Waals surface area contributed by atoms with Gasteiger partial charge >= 0.3 is 0 Å². The lowest BCUT2D eigenvalue weighted by Crippen LogP contribution is -2.22. The Bertz CT molecular complexity index is 2730. The van der Waals surface area contributed by atoms with E-state index in [2.05, 4.69) is 206 Å². The molecule has 0 amide bonds. The van der Waals surface area contributed by atoms with Gasteiger partial charge in [0.25, 0.3) is 0 Å². The van der Waals surface area contributed by atoms with Gasteiger partial charge in [-0.2, -0.15) is 0 Å². The zero-order valence-corrected chi connectivity index (χ0v) is 28.4. The van der Waals surface area contributed by atoms with Gasteiger partial charge in [-0.15, -0.1) is 0 Å². The SMILES string of the molecule is CC1(c2ccccc2)c2ccccc2-c2cc(N(c3ccc4c5ccccc5c5ccccc5c4c3)c3ccccc3-c3ccccc3)ccc21. The van der Waals surface area contributed by atoms with Crippen molar-refractivity contribution in [2.45, 2.75) is 12.3 Å². The lowest BCUT2D eigenvalue weighted by atomic mass is 9.74. The van der Waals surface area contributed by atoms with Gasteiger partial charge in [0, 0.05) is 22.4 Å². The lowest BCUT2D eigenvalue weighted by Gasteiger charge is -2.30. The van der Waals surface area contributed by atoms with Crippen LogP contribution in [0.2, 0.25) is 0 Å². The van der Waals surface area contributed by atoms with Crippen LogP contribution in [-0.2, 0) is 5.41 Å². The highest BCUT2D eigenvalue weighted by atomic mass is 15.1. The van der Waals surface area contributed by atoms with E-state index in [0.717, 1.165) is 17.1 Å². The van der Waals surface area contributed by atoms with Crippen LogP contribution in [0.1, 0.15) is 23.6 Å². The van der Waals surface area contributed by atoms with Crippen LogP contribution < -0.4 is 4.90 Å². The molecule has 9 aromatic rings. The van der Waals surface area contributed by atoms with Crippen molar-refractivity contribution in [3.8, 4) is 22.3 Å². The molecule has 10 rings (SSSR count). The molecule has 0 aromatic heterocycles. The van der Waals surface area contributed by atoms with Gasteiger partial charge < -0.3 is 4.90 Å². The Morgan fingerprint density at radius 3 is 1.55 bits per heavy atom. The lowest BCUT2D eigenvalue weighted by molar-refractivity contribution is 0.714. The summed E-state index contributed by atoms with van der Waals surface area (Å²) in [5.41, 5.74) is 12.1. The third kappa shape index (κ3) is 4.48. The predicted molar refractivity (Wildman–Crippen MR) is 217 cm³/mol. The quantitative estimate of drug-likeness (QED) is 0.168. The molecule has 0 saturated carbocycles. The number of benzene rings is 9. The summed E-state index contributed by atoms with van der Waals surface area (Å²) in [6, 6.07) is 71.3. The van der Waals surface area contributed by atoms with E-state index in [0.29, 0.717) is 0 Å². The minimum atomic E-state index is -0.249. The Morgan fingerprint density at radius 2 is 0.843 bits per heavy atom. The molecular weight excluding hydrogens is 615 g/mol. The molecule has 1 nitrogen and oxygen atoms in total. The van der Waals surface area contributed by atoms with Crippen LogP contribution in [0, 0.1) is 0 Å². The van der Waals surface area contributed by atoms with E-state index in [4.69, 9.17) is 0 Å². The van der Waals surface area contributed by atoms with Crippen molar-refractivity contribution in [2.24, 2.45) is 0 Å². The Kier molecular flexibility index (Phi) is 6.69. The third-order valence-corrected chi connectivity index (χ3v) is 11.1. The van der Waals surface area contributed by atoms with Crippen molar-refractivity contribution in [3.05, 3.63) is 211 Å². The highest BCUT2D eigenvalue weighted by Crippen LogP contribution is 2.54. The summed E-state index contributed by atoms with van der Waals surface area (Å²) in [4.78, 5) is 2.47. The van der Waals surface area contributed by atoms with Crippen LogP contribution in [0.3, 0.4) is 0 Å². The molecular formula is C50H35N. The first kappa shape index (κ1) is 29.5. The van der Waals surface area contributed by atoms with Crippen molar-refractivity contribution < 1.29 is 0 Å². The molecule has 0 N–H and O–H groups in total. The Hall–Kier alpha value is -6.44. The van der Waals surface area contributed by atoms with Gasteiger partial charge in [0.1, 0.15) is 0 Å². The van der Waals surface area contributed by atoms with Crippen LogP contribution in [-0.4, -0.2) is 0 Å². The maximum absolute atomic E-state index is 2.47. The number of hydrogen-bond acceptors (Lipinski definition) is 1. The molecule has 0 fully saturated rings. The van der Waals surface area contributed by atoms with E-state index in [1.165, 1.54) is 71.3 Å². The normalized spacial score (nSPS) is 14.8. The van der Waals surface area contributed by atoms with Crippen LogP contribution in [0.5, 0.6) is 0 Å². The second-order valence-corrected chi connectivity index (χ2v) is 13.8. The average Bonchev–Trinajstić information content (AvgIpc) is 3.47. The monoisotopic (exact) mass is 649 g/mol. The van der Waals surface area contributed by atoms with E-state index in [9.17, 15) is 0 Å². The Morgan fingerprint density at radius 1 is 0.353 bits per heavy atom. The highest BCUT2D eigenvalue weighted by Gasteiger charge is 2.40. The number of fused-ring (bicyclic) bond motifs is 9. The molecule has 1 aliphatic carbocycles. The molecule has 0 aliphatic heterocycles. The molecule has 9 aromatic carbocycles. The third-order valence-electron chi connectivity index (χ3n) is 11.1. The molecule has 0 heterocycles. The van der Waals surface area contributed by atoms with Crippen molar-refractivity contribution >= 4 is 49.4 Å². The minimum Gasteiger partial charge on any atom is -0.310 e. The van der Waals surface area contributed by atoms with Gasteiger partial charge in [-0.05, 0) is 103 Å². The van der Waals surface area contributed by atoms with Gasteiger partial charge in [-0.1, -0.05) is 164 Å². The standard InChI is InChI=1S/C50H35N/c1-50(35-18-6-3-7-19-35)47-26-14-12-25-44(47)46-33-37(29-31-48(46)50)51(49-27-15-13-20-38(49)34-16-4-2-5-17-34)36-28-30-43-41-23-9-8-21-39(41)40-22-10-11-24-42(40)45(43)32-36/h2-33H,1H3. The fourth-order valence-corrected chi connectivity index (χ4v) is 8.70. The van der Waals surface area contributed by atoms with Crippen molar-refractivity contribution in [1.29, 1.82) is 0 Å². The maximum Gasteiger partial charge on any atom is 0.0540 e. The van der Waals surface area contributed by atoms with Crippen LogP contribution in [0.15, 0.2) is 194 Å². The second-order valence-electron chi connectivity index (χ2n) is 13.8. The molecule has 51 heavy (non-hydrogen) atoms. The number of nitrogens with zero attached hydrogens (tertiary/aromatic N) is 1. The number of hydrogen-bond donors (Lipinski definition) is 0. The van der Waals surface area contributed by atoms with Crippen LogP contribution in [0.4, 0.5) is 17.1 Å². The summed E-state index contributed by atoms with van der Waals surface area (Å²) in [5, 5.41) is 7.65. The molecule has 1 atom stereocenters. The minimum absolute atomic E-state index is 0.249. The molecule has 1 heteroatoms. The summed E-state index contributed by atoms with van der Waals surface area (Å²) < 4.78 is 0. The summed E-state index contributed by atoms with van der Waals surface area (Å²) in [5.74, 6) is 0. The highest BCUT2D eigenvalue weighted by molar-refractivity contribution is 6.25. The predicted octanol–water partition coefficient (Wildman–Crippen LogP) is 13.6. The molecule has 240 valence electrons. The average molecular weight is 650 g/mol. The van der Waals surface area contributed by atoms with Gasteiger partial charge in [-0.25, -0.2) is 0 Å². The fraction of sp³-hybridized carbons (Fsp3) is 0.0400. The van der Waals surface area contributed by atoms with E-state index in [1.54, 1.807) is 0 Å².